The molecule has 0 unspecified atom stereocenters. The van der Waals surface area contributed by atoms with E-state index < -0.39 is 0 Å². The largest absolute Gasteiger partial charge is 0.450 e. The molecule has 0 aliphatic carbocycles. The van der Waals surface area contributed by atoms with Gasteiger partial charge in [0.1, 0.15) is 0 Å². The van der Waals surface area contributed by atoms with Crippen molar-refractivity contribution in [2.75, 3.05) is 32.8 Å². The molecule has 0 spiro atoms. The molecular formula is C21H24N2O3. The molecule has 3 rings (SSSR count). The molecule has 2 amide bonds. The zero-order chi connectivity index (χ0) is 18.4. The SMILES string of the molecule is CCOC(=O)N1CCCN(C(=O)c2cccc(-c3ccccc3)c2)CC1. The maximum absolute atomic E-state index is 12.9. The minimum atomic E-state index is -0.298. The van der Waals surface area contributed by atoms with E-state index >= 15 is 0 Å². The summed E-state index contributed by atoms with van der Waals surface area (Å²) in [6, 6.07) is 17.7. The third-order valence-electron chi connectivity index (χ3n) is 4.53. The quantitative estimate of drug-likeness (QED) is 0.847. The Morgan fingerprint density at radius 2 is 1.58 bits per heavy atom. The van der Waals surface area contributed by atoms with Crippen LogP contribution in [0.2, 0.25) is 0 Å². The van der Waals surface area contributed by atoms with Crippen molar-refractivity contribution in [3.05, 3.63) is 60.2 Å². The average molecular weight is 352 g/mol. The Labute approximate surface area is 154 Å². The number of hydrogen-bond donors (Lipinski definition) is 0. The second kappa shape index (κ2) is 8.52. The molecule has 0 aromatic heterocycles. The maximum Gasteiger partial charge on any atom is 0.409 e. The number of amides is 2. The first-order chi connectivity index (χ1) is 12.7. The van der Waals surface area contributed by atoms with Gasteiger partial charge in [-0.15, -0.1) is 0 Å². The van der Waals surface area contributed by atoms with Crippen LogP contribution < -0.4 is 0 Å². The molecule has 5 heteroatoms. The number of carbonyl (C=O) groups excluding carboxylic acids is 2. The van der Waals surface area contributed by atoms with E-state index in [2.05, 4.69) is 0 Å². The standard InChI is InChI=1S/C21H24N2O3/c1-2-26-21(25)23-13-7-12-22(14-15-23)20(24)19-11-6-10-18(16-19)17-8-4-3-5-9-17/h3-6,8-11,16H,2,7,12-15H2,1H3. The molecule has 0 N–H and O–H groups in total. The van der Waals surface area contributed by atoms with E-state index in [1.807, 2.05) is 59.5 Å². The van der Waals surface area contributed by atoms with E-state index in [0.717, 1.165) is 17.5 Å². The Morgan fingerprint density at radius 3 is 2.35 bits per heavy atom. The van der Waals surface area contributed by atoms with Crippen molar-refractivity contribution in [3.63, 3.8) is 0 Å². The summed E-state index contributed by atoms with van der Waals surface area (Å²) < 4.78 is 5.07. The van der Waals surface area contributed by atoms with Crippen LogP contribution in [0.15, 0.2) is 54.6 Å². The van der Waals surface area contributed by atoms with Gasteiger partial charge in [-0.25, -0.2) is 4.79 Å². The summed E-state index contributed by atoms with van der Waals surface area (Å²) in [6.45, 7) is 4.45. The van der Waals surface area contributed by atoms with Crippen molar-refractivity contribution in [1.29, 1.82) is 0 Å². The molecule has 0 radical (unpaired) electrons. The van der Waals surface area contributed by atoms with Crippen LogP contribution >= 0.6 is 0 Å². The van der Waals surface area contributed by atoms with Crippen molar-refractivity contribution >= 4 is 12.0 Å². The predicted molar refractivity (Wildman–Crippen MR) is 101 cm³/mol. The van der Waals surface area contributed by atoms with Crippen molar-refractivity contribution in [2.24, 2.45) is 0 Å². The Kier molecular flexibility index (Phi) is 5.89. The fourth-order valence-corrected chi connectivity index (χ4v) is 3.16. The summed E-state index contributed by atoms with van der Waals surface area (Å²) in [5.41, 5.74) is 2.79. The first kappa shape index (κ1) is 18.0. The Morgan fingerprint density at radius 1 is 0.885 bits per heavy atom. The van der Waals surface area contributed by atoms with Crippen LogP contribution in [0.1, 0.15) is 23.7 Å². The summed E-state index contributed by atoms with van der Waals surface area (Å²) >= 11 is 0. The van der Waals surface area contributed by atoms with Crippen LogP contribution in [0.4, 0.5) is 4.79 Å². The topological polar surface area (TPSA) is 49.9 Å². The third-order valence-corrected chi connectivity index (χ3v) is 4.53. The number of hydrogen-bond acceptors (Lipinski definition) is 3. The molecule has 0 saturated carbocycles. The molecule has 5 nitrogen and oxygen atoms in total. The highest BCUT2D eigenvalue weighted by Crippen LogP contribution is 2.21. The smallest absolute Gasteiger partial charge is 0.409 e. The van der Waals surface area contributed by atoms with Gasteiger partial charge in [0, 0.05) is 31.7 Å². The highest BCUT2D eigenvalue weighted by molar-refractivity contribution is 5.95. The van der Waals surface area contributed by atoms with Gasteiger partial charge in [0.25, 0.3) is 5.91 Å². The second-order valence-corrected chi connectivity index (χ2v) is 6.28. The van der Waals surface area contributed by atoms with Crippen molar-refractivity contribution < 1.29 is 14.3 Å². The van der Waals surface area contributed by atoms with Crippen molar-refractivity contribution in [2.45, 2.75) is 13.3 Å². The Bertz CT molecular complexity index is 761. The van der Waals surface area contributed by atoms with Gasteiger partial charge in [0.05, 0.1) is 6.61 Å². The summed E-state index contributed by atoms with van der Waals surface area (Å²) in [5, 5.41) is 0. The van der Waals surface area contributed by atoms with Gasteiger partial charge in [-0.3, -0.25) is 4.79 Å². The van der Waals surface area contributed by atoms with Crippen LogP contribution in [0.3, 0.4) is 0 Å². The van der Waals surface area contributed by atoms with Crippen molar-refractivity contribution in [3.8, 4) is 11.1 Å². The van der Waals surface area contributed by atoms with E-state index in [4.69, 9.17) is 4.74 Å². The summed E-state index contributed by atoms with van der Waals surface area (Å²) in [4.78, 5) is 28.3. The minimum absolute atomic E-state index is 0.00786. The Balaban J connectivity index is 1.71. The van der Waals surface area contributed by atoms with E-state index in [1.165, 1.54) is 0 Å². The van der Waals surface area contributed by atoms with E-state index in [0.29, 0.717) is 38.3 Å². The molecule has 0 atom stereocenters. The van der Waals surface area contributed by atoms with Gasteiger partial charge < -0.3 is 14.5 Å². The zero-order valence-electron chi connectivity index (χ0n) is 15.1. The zero-order valence-corrected chi connectivity index (χ0v) is 15.1. The van der Waals surface area contributed by atoms with E-state index in [-0.39, 0.29) is 12.0 Å². The summed E-state index contributed by atoms with van der Waals surface area (Å²) in [7, 11) is 0. The fourth-order valence-electron chi connectivity index (χ4n) is 3.16. The van der Waals surface area contributed by atoms with Gasteiger partial charge in [0.15, 0.2) is 0 Å². The van der Waals surface area contributed by atoms with Crippen LogP contribution in [0.25, 0.3) is 11.1 Å². The summed E-state index contributed by atoms with van der Waals surface area (Å²) in [6.07, 6.45) is 0.455. The maximum atomic E-state index is 12.9. The molecule has 1 aliphatic rings. The monoisotopic (exact) mass is 352 g/mol. The number of carbonyl (C=O) groups is 2. The lowest BCUT2D eigenvalue weighted by molar-refractivity contribution is 0.0753. The average Bonchev–Trinajstić information content (AvgIpc) is 2.95. The van der Waals surface area contributed by atoms with Gasteiger partial charge in [-0.2, -0.15) is 0 Å². The molecule has 0 bridgehead atoms. The minimum Gasteiger partial charge on any atom is -0.450 e. The molecular weight excluding hydrogens is 328 g/mol. The van der Waals surface area contributed by atoms with Gasteiger partial charge in [-0.05, 0) is 36.6 Å². The highest BCUT2D eigenvalue weighted by Gasteiger charge is 2.23. The third kappa shape index (κ3) is 4.23. The van der Waals surface area contributed by atoms with Crippen LogP contribution in [0.5, 0.6) is 0 Å². The first-order valence-corrected chi connectivity index (χ1v) is 9.05. The highest BCUT2D eigenvalue weighted by atomic mass is 16.6. The first-order valence-electron chi connectivity index (χ1n) is 9.05. The predicted octanol–water partition coefficient (Wildman–Crippen LogP) is 3.66. The van der Waals surface area contributed by atoms with Crippen LogP contribution in [-0.2, 0) is 4.74 Å². The van der Waals surface area contributed by atoms with Crippen molar-refractivity contribution in [1.82, 2.24) is 9.80 Å². The molecule has 26 heavy (non-hydrogen) atoms. The molecule has 2 aromatic carbocycles. The lowest BCUT2D eigenvalue weighted by Crippen LogP contribution is -2.37. The Hall–Kier alpha value is -2.82. The molecule has 1 heterocycles. The second-order valence-electron chi connectivity index (χ2n) is 6.28. The lowest BCUT2D eigenvalue weighted by atomic mass is 10.0. The van der Waals surface area contributed by atoms with Crippen LogP contribution in [-0.4, -0.2) is 54.6 Å². The molecule has 2 aromatic rings. The number of rotatable bonds is 3. The molecule has 1 saturated heterocycles. The number of ether oxygens (including phenoxy) is 1. The lowest BCUT2D eigenvalue weighted by Gasteiger charge is -2.22. The van der Waals surface area contributed by atoms with Crippen LogP contribution in [0, 0.1) is 0 Å². The fraction of sp³-hybridized carbons (Fsp3) is 0.333. The summed E-state index contributed by atoms with van der Waals surface area (Å²) in [5.74, 6) is 0.00786. The van der Waals surface area contributed by atoms with E-state index in [1.54, 1.807) is 11.8 Å². The van der Waals surface area contributed by atoms with Gasteiger partial charge in [0.2, 0.25) is 0 Å². The number of benzene rings is 2. The molecule has 1 aliphatic heterocycles. The molecule has 136 valence electrons. The molecule has 1 fully saturated rings. The van der Waals surface area contributed by atoms with Gasteiger partial charge >= 0.3 is 6.09 Å². The van der Waals surface area contributed by atoms with Gasteiger partial charge in [-0.1, -0.05) is 42.5 Å². The number of nitrogens with zero attached hydrogens (tertiary/aromatic N) is 2. The van der Waals surface area contributed by atoms with E-state index in [9.17, 15) is 9.59 Å². The normalized spacial score (nSPS) is 14.7.